The van der Waals surface area contributed by atoms with Gasteiger partial charge in [-0.2, -0.15) is 0 Å². The first-order chi connectivity index (χ1) is 10.1. The largest absolute Gasteiger partial charge is 0.478 e. The molecule has 108 valence electrons. The molecule has 7 heteroatoms. The predicted octanol–water partition coefficient (Wildman–Crippen LogP) is 1.01. The van der Waals surface area contributed by atoms with Crippen LogP contribution in [0.5, 0.6) is 0 Å². The van der Waals surface area contributed by atoms with E-state index in [1.54, 1.807) is 29.2 Å². The van der Waals surface area contributed by atoms with Crippen LogP contribution in [0.3, 0.4) is 0 Å². The van der Waals surface area contributed by atoms with E-state index in [0.29, 0.717) is 23.4 Å². The number of aliphatic hydroxyl groups excluding tert-OH is 1. The SMILES string of the molecule is Cn1cncc1Cn1c(CO)nc2ccc(C(=O)O)cc21. The lowest BCUT2D eigenvalue weighted by atomic mass is 10.2. The molecule has 0 unspecified atom stereocenters. The molecule has 0 bridgehead atoms. The third-order valence-electron chi connectivity index (χ3n) is 3.45. The van der Waals surface area contributed by atoms with Crippen molar-refractivity contribution >= 4 is 17.0 Å². The molecule has 0 amide bonds. The highest BCUT2D eigenvalue weighted by Gasteiger charge is 2.14. The molecule has 0 radical (unpaired) electrons. The summed E-state index contributed by atoms with van der Waals surface area (Å²) in [4.78, 5) is 19.5. The third-order valence-corrected chi connectivity index (χ3v) is 3.45. The fourth-order valence-corrected chi connectivity index (χ4v) is 2.30. The van der Waals surface area contributed by atoms with E-state index in [9.17, 15) is 9.90 Å². The zero-order chi connectivity index (χ0) is 15.0. The number of carboxylic acid groups (broad SMARTS) is 1. The van der Waals surface area contributed by atoms with Gasteiger partial charge in [-0.05, 0) is 18.2 Å². The molecule has 3 rings (SSSR count). The minimum absolute atomic E-state index is 0.193. The number of rotatable bonds is 4. The second-order valence-corrected chi connectivity index (χ2v) is 4.78. The van der Waals surface area contributed by atoms with Crippen LogP contribution in [-0.2, 0) is 20.2 Å². The molecule has 0 spiro atoms. The number of carbonyl (C=O) groups is 1. The third kappa shape index (κ3) is 2.27. The van der Waals surface area contributed by atoms with E-state index in [-0.39, 0.29) is 12.2 Å². The topological polar surface area (TPSA) is 93.2 Å². The van der Waals surface area contributed by atoms with Crippen LogP contribution in [0.1, 0.15) is 21.9 Å². The highest BCUT2D eigenvalue weighted by atomic mass is 16.4. The summed E-state index contributed by atoms with van der Waals surface area (Å²) in [5.41, 5.74) is 2.47. The Labute approximate surface area is 120 Å². The van der Waals surface area contributed by atoms with Crippen LogP contribution in [0.2, 0.25) is 0 Å². The summed E-state index contributed by atoms with van der Waals surface area (Å²) in [6, 6.07) is 4.73. The van der Waals surface area contributed by atoms with Gasteiger partial charge in [0.05, 0.1) is 35.2 Å². The maximum Gasteiger partial charge on any atom is 0.335 e. The normalized spacial score (nSPS) is 11.1. The maximum absolute atomic E-state index is 11.1. The summed E-state index contributed by atoms with van der Waals surface area (Å²) in [5, 5.41) is 18.6. The highest BCUT2D eigenvalue weighted by Crippen LogP contribution is 2.20. The average Bonchev–Trinajstić information content (AvgIpc) is 3.03. The molecule has 2 aromatic heterocycles. The van der Waals surface area contributed by atoms with Crippen LogP contribution in [0.15, 0.2) is 30.7 Å². The number of hydrogen-bond acceptors (Lipinski definition) is 4. The van der Waals surface area contributed by atoms with Gasteiger partial charge in [-0.15, -0.1) is 0 Å². The second-order valence-electron chi connectivity index (χ2n) is 4.78. The van der Waals surface area contributed by atoms with Gasteiger partial charge in [0.15, 0.2) is 0 Å². The number of aromatic carboxylic acids is 1. The minimum Gasteiger partial charge on any atom is -0.478 e. The first-order valence-electron chi connectivity index (χ1n) is 6.38. The zero-order valence-electron chi connectivity index (χ0n) is 11.4. The van der Waals surface area contributed by atoms with Gasteiger partial charge in [0, 0.05) is 13.2 Å². The number of aryl methyl sites for hydroxylation is 1. The summed E-state index contributed by atoms with van der Waals surface area (Å²) in [5.74, 6) is -0.496. The van der Waals surface area contributed by atoms with Crippen LogP contribution >= 0.6 is 0 Å². The van der Waals surface area contributed by atoms with Gasteiger partial charge in [-0.25, -0.2) is 14.8 Å². The van der Waals surface area contributed by atoms with Crippen molar-refractivity contribution in [2.24, 2.45) is 7.05 Å². The molecule has 7 nitrogen and oxygen atoms in total. The van der Waals surface area contributed by atoms with E-state index in [0.717, 1.165) is 5.69 Å². The van der Waals surface area contributed by atoms with E-state index in [1.165, 1.54) is 6.07 Å². The fourth-order valence-electron chi connectivity index (χ4n) is 2.30. The van der Waals surface area contributed by atoms with Crippen LogP contribution in [0, 0.1) is 0 Å². The van der Waals surface area contributed by atoms with Crippen molar-refractivity contribution in [3.63, 3.8) is 0 Å². The number of nitrogens with zero attached hydrogens (tertiary/aromatic N) is 4. The Morgan fingerprint density at radius 1 is 1.38 bits per heavy atom. The average molecular weight is 286 g/mol. The molecule has 2 heterocycles. The predicted molar refractivity (Wildman–Crippen MR) is 74.9 cm³/mol. The minimum atomic E-state index is -0.990. The first kappa shape index (κ1) is 13.3. The Bertz CT molecular complexity index is 819. The van der Waals surface area contributed by atoms with Crippen LogP contribution in [-0.4, -0.2) is 35.3 Å². The maximum atomic E-state index is 11.1. The monoisotopic (exact) mass is 286 g/mol. The Kier molecular flexibility index (Phi) is 3.19. The Hall–Kier alpha value is -2.67. The molecule has 0 aliphatic carbocycles. The molecule has 0 aliphatic rings. The Morgan fingerprint density at radius 2 is 2.19 bits per heavy atom. The standard InChI is InChI=1S/C14H14N4O3/c1-17-8-15-5-10(17)6-18-12-4-9(14(20)21)2-3-11(12)16-13(18)7-19/h2-5,8,19H,6-7H2,1H3,(H,20,21). The molecular weight excluding hydrogens is 272 g/mol. The van der Waals surface area contributed by atoms with Crippen LogP contribution in [0.25, 0.3) is 11.0 Å². The quantitative estimate of drug-likeness (QED) is 0.746. The van der Waals surface area contributed by atoms with Gasteiger partial charge in [0.2, 0.25) is 0 Å². The van der Waals surface area contributed by atoms with Crippen LogP contribution < -0.4 is 0 Å². The number of fused-ring (bicyclic) bond motifs is 1. The number of carboxylic acids is 1. The lowest BCUT2D eigenvalue weighted by molar-refractivity contribution is 0.0697. The lowest BCUT2D eigenvalue weighted by Crippen LogP contribution is -2.08. The van der Waals surface area contributed by atoms with Crippen molar-refractivity contribution in [2.45, 2.75) is 13.2 Å². The van der Waals surface area contributed by atoms with Gasteiger partial charge < -0.3 is 19.3 Å². The fraction of sp³-hybridized carbons (Fsp3) is 0.214. The van der Waals surface area contributed by atoms with Crippen molar-refractivity contribution in [1.82, 2.24) is 19.1 Å². The molecule has 3 aromatic rings. The molecule has 1 aromatic carbocycles. The summed E-state index contributed by atoms with van der Waals surface area (Å²) in [7, 11) is 1.88. The number of aromatic nitrogens is 4. The number of imidazole rings is 2. The number of benzene rings is 1. The van der Waals surface area contributed by atoms with Gasteiger partial charge in [0.25, 0.3) is 0 Å². The van der Waals surface area contributed by atoms with Crippen molar-refractivity contribution in [1.29, 1.82) is 0 Å². The molecular formula is C14H14N4O3. The van der Waals surface area contributed by atoms with Crippen molar-refractivity contribution in [2.75, 3.05) is 0 Å². The molecule has 0 saturated heterocycles. The van der Waals surface area contributed by atoms with E-state index in [2.05, 4.69) is 9.97 Å². The molecule has 2 N–H and O–H groups in total. The van der Waals surface area contributed by atoms with Gasteiger partial charge in [-0.3, -0.25) is 0 Å². The van der Waals surface area contributed by atoms with Gasteiger partial charge in [-0.1, -0.05) is 0 Å². The number of aliphatic hydroxyl groups is 1. The van der Waals surface area contributed by atoms with Gasteiger partial charge in [0.1, 0.15) is 12.4 Å². The summed E-state index contributed by atoms with van der Waals surface area (Å²) >= 11 is 0. The van der Waals surface area contributed by atoms with E-state index in [1.807, 2.05) is 11.6 Å². The molecule has 0 fully saturated rings. The van der Waals surface area contributed by atoms with E-state index >= 15 is 0 Å². The lowest BCUT2D eigenvalue weighted by Gasteiger charge is -2.08. The molecule has 21 heavy (non-hydrogen) atoms. The Morgan fingerprint density at radius 3 is 2.81 bits per heavy atom. The summed E-state index contributed by atoms with van der Waals surface area (Å²) < 4.78 is 3.67. The smallest absolute Gasteiger partial charge is 0.335 e. The summed E-state index contributed by atoms with van der Waals surface area (Å²) in [6.45, 7) is 0.251. The second kappa shape index (κ2) is 5.02. The van der Waals surface area contributed by atoms with E-state index in [4.69, 9.17) is 5.11 Å². The first-order valence-corrected chi connectivity index (χ1v) is 6.38. The van der Waals surface area contributed by atoms with Crippen molar-refractivity contribution in [3.05, 3.63) is 47.8 Å². The molecule has 0 saturated carbocycles. The molecule has 0 atom stereocenters. The van der Waals surface area contributed by atoms with Crippen molar-refractivity contribution in [3.8, 4) is 0 Å². The highest BCUT2D eigenvalue weighted by molar-refractivity contribution is 5.92. The summed E-state index contributed by atoms with van der Waals surface area (Å²) in [6.07, 6.45) is 3.42. The van der Waals surface area contributed by atoms with Gasteiger partial charge >= 0.3 is 5.97 Å². The van der Waals surface area contributed by atoms with Crippen LogP contribution in [0.4, 0.5) is 0 Å². The zero-order valence-corrected chi connectivity index (χ0v) is 11.4. The number of hydrogen-bond donors (Lipinski definition) is 2. The van der Waals surface area contributed by atoms with Crippen molar-refractivity contribution < 1.29 is 15.0 Å². The Balaban J connectivity index is 2.16. The molecule has 0 aliphatic heterocycles. The van der Waals surface area contributed by atoms with E-state index < -0.39 is 5.97 Å².